The highest BCUT2D eigenvalue weighted by molar-refractivity contribution is 7.80. The molecule has 5 nitrogen and oxygen atoms in total. The molecule has 1 fully saturated rings. The Morgan fingerprint density at radius 1 is 1.17 bits per heavy atom. The maximum atomic E-state index is 10.6. The highest BCUT2D eigenvalue weighted by atomic mass is 32.1. The molecule has 0 radical (unpaired) electrons. The third kappa shape index (κ3) is 7.64. The van der Waals surface area contributed by atoms with E-state index in [-0.39, 0.29) is 12.1 Å². The zero-order valence-electron chi connectivity index (χ0n) is 15.8. The molecule has 1 rings (SSSR count). The molecule has 0 aliphatic heterocycles. The van der Waals surface area contributed by atoms with Crippen LogP contribution in [-0.2, 0) is 9.47 Å². The van der Waals surface area contributed by atoms with Crippen molar-refractivity contribution in [1.29, 1.82) is 0 Å². The highest BCUT2D eigenvalue weighted by Crippen LogP contribution is 2.28. The minimum absolute atomic E-state index is 0.0297. The van der Waals surface area contributed by atoms with Gasteiger partial charge in [-0.05, 0) is 43.8 Å². The molecular weight excluding hydrogens is 324 g/mol. The first-order chi connectivity index (χ1) is 11.5. The molecule has 24 heavy (non-hydrogen) atoms. The number of ether oxygens (including phenoxy) is 2. The van der Waals surface area contributed by atoms with Gasteiger partial charge >= 0.3 is 0 Å². The van der Waals surface area contributed by atoms with Gasteiger partial charge in [0, 0.05) is 33.9 Å². The van der Waals surface area contributed by atoms with Gasteiger partial charge in [0.2, 0.25) is 0 Å². The van der Waals surface area contributed by atoms with Gasteiger partial charge in [-0.15, -0.1) is 0 Å². The molecule has 6 heteroatoms. The van der Waals surface area contributed by atoms with Crippen molar-refractivity contribution in [2.75, 3.05) is 33.9 Å². The molecule has 0 amide bonds. The summed E-state index contributed by atoms with van der Waals surface area (Å²) in [5.74, 6) is 0.342. The van der Waals surface area contributed by atoms with Crippen molar-refractivity contribution >= 4 is 17.3 Å². The van der Waals surface area contributed by atoms with Gasteiger partial charge in [0.1, 0.15) is 0 Å². The van der Waals surface area contributed by atoms with Crippen LogP contribution >= 0.6 is 12.2 Å². The molecule has 4 atom stereocenters. The van der Waals surface area contributed by atoms with Gasteiger partial charge in [-0.3, -0.25) is 0 Å². The van der Waals surface area contributed by atoms with Gasteiger partial charge < -0.3 is 24.8 Å². The number of nitrogens with zero attached hydrogens (tertiary/aromatic N) is 1. The van der Waals surface area contributed by atoms with Crippen molar-refractivity contribution in [3.63, 3.8) is 0 Å². The molecule has 1 saturated carbocycles. The molecule has 2 N–H and O–H groups in total. The number of unbranched alkanes of at least 4 members (excludes halogenated alkanes) is 2. The van der Waals surface area contributed by atoms with Gasteiger partial charge in [0.25, 0.3) is 0 Å². The second-order valence-electron chi connectivity index (χ2n) is 6.97. The standard InChI is InChI=1S/C18H36N2O3S/c1-5-7-9-22-13-14-11-15(21)17(19-18(24)20(3)4)16(12-14)23-10-8-6-2/h14-17,21H,5-13H2,1-4H3,(H,19,24)/t14-,15+,16-,17-/m0/s1. The molecule has 0 saturated heterocycles. The smallest absolute Gasteiger partial charge is 0.168 e. The number of thiocarbonyl (C=S) groups is 1. The van der Waals surface area contributed by atoms with Crippen molar-refractivity contribution in [2.45, 2.75) is 70.6 Å². The van der Waals surface area contributed by atoms with Crippen LogP contribution in [-0.4, -0.2) is 67.3 Å². The Bertz CT molecular complexity index is 355. The van der Waals surface area contributed by atoms with Gasteiger partial charge in [-0.1, -0.05) is 26.7 Å². The van der Waals surface area contributed by atoms with Crippen LogP contribution < -0.4 is 5.32 Å². The summed E-state index contributed by atoms with van der Waals surface area (Å²) in [5.41, 5.74) is 0. The van der Waals surface area contributed by atoms with Gasteiger partial charge in [0.05, 0.1) is 18.2 Å². The largest absolute Gasteiger partial charge is 0.391 e. The fourth-order valence-corrected chi connectivity index (χ4v) is 3.09. The summed E-state index contributed by atoms with van der Waals surface area (Å²) in [6, 6.07) is -0.149. The van der Waals surface area contributed by atoms with Crippen LogP contribution in [0.4, 0.5) is 0 Å². The number of aliphatic hydroxyl groups excluding tert-OH is 1. The van der Waals surface area contributed by atoms with Gasteiger partial charge in [0.15, 0.2) is 5.11 Å². The topological polar surface area (TPSA) is 54.0 Å². The Hall–Kier alpha value is -0.430. The van der Waals surface area contributed by atoms with E-state index < -0.39 is 6.10 Å². The number of nitrogens with one attached hydrogen (secondary N) is 1. The Morgan fingerprint density at radius 2 is 1.83 bits per heavy atom. The highest BCUT2D eigenvalue weighted by Gasteiger charge is 2.38. The maximum Gasteiger partial charge on any atom is 0.168 e. The van der Waals surface area contributed by atoms with Crippen molar-refractivity contribution in [1.82, 2.24) is 10.2 Å². The first-order valence-electron chi connectivity index (χ1n) is 9.34. The first-order valence-corrected chi connectivity index (χ1v) is 9.75. The van der Waals surface area contributed by atoms with E-state index >= 15 is 0 Å². The average molecular weight is 361 g/mol. The lowest BCUT2D eigenvalue weighted by atomic mass is 9.82. The van der Waals surface area contributed by atoms with E-state index in [0.29, 0.717) is 17.6 Å². The molecule has 0 spiro atoms. The fourth-order valence-electron chi connectivity index (χ4n) is 2.95. The molecule has 1 aliphatic rings. The van der Waals surface area contributed by atoms with Crippen molar-refractivity contribution in [3.05, 3.63) is 0 Å². The van der Waals surface area contributed by atoms with Crippen molar-refractivity contribution in [3.8, 4) is 0 Å². The maximum absolute atomic E-state index is 10.6. The number of aliphatic hydroxyl groups is 1. The minimum atomic E-state index is -0.469. The van der Waals surface area contributed by atoms with Crippen LogP contribution in [0.15, 0.2) is 0 Å². The molecule has 0 aromatic rings. The van der Waals surface area contributed by atoms with Crippen LogP contribution in [0.1, 0.15) is 52.4 Å². The van der Waals surface area contributed by atoms with Crippen molar-refractivity contribution in [2.24, 2.45) is 5.92 Å². The zero-order chi connectivity index (χ0) is 17.9. The van der Waals surface area contributed by atoms with Crippen LogP contribution in [0.25, 0.3) is 0 Å². The van der Waals surface area contributed by atoms with Crippen LogP contribution in [0.5, 0.6) is 0 Å². The van der Waals surface area contributed by atoms with Gasteiger partial charge in [-0.25, -0.2) is 0 Å². The molecule has 1 aliphatic carbocycles. The van der Waals surface area contributed by atoms with E-state index in [1.165, 1.54) is 0 Å². The zero-order valence-corrected chi connectivity index (χ0v) is 16.6. The Labute approximate surface area is 153 Å². The lowest BCUT2D eigenvalue weighted by Gasteiger charge is -2.40. The summed E-state index contributed by atoms with van der Waals surface area (Å²) in [6.07, 6.45) is 5.51. The fraction of sp³-hybridized carbons (Fsp3) is 0.944. The quantitative estimate of drug-likeness (QED) is 0.461. The Morgan fingerprint density at radius 3 is 2.46 bits per heavy atom. The minimum Gasteiger partial charge on any atom is -0.391 e. The monoisotopic (exact) mass is 360 g/mol. The third-order valence-corrected chi connectivity index (χ3v) is 4.96. The number of hydrogen-bond acceptors (Lipinski definition) is 4. The van der Waals surface area contributed by atoms with Crippen LogP contribution in [0, 0.1) is 5.92 Å². The Balaban J connectivity index is 2.60. The predicted molar refractivity (Wildman–Crippen MR) is 102 cm³/mol. The Kier molecular flexibility index (Phi) is 10.8. The second-order valence-corrected chi connectivity index (χ2v) is 7.35. The van der Waals surface area contributed by atoms with E-state index in [2.05, 4.69) is 19.2 Å². The van der Waals surface area contributed by atoms with Crippen LogP contribution in [0.3, 0.4) is 0 Å². The molecule has 0 aromatic heterocycles. The lowest BCUT2D eigenvalue weighted by Crippen LogP contribution is -2.57. The second kappa shape index (κ2) is 12.0. The summed E-state index contributed by atoms with van der Waals surface area (Å²) in [4.78, 5) is 1.85. The SMILES string of the molecule is CCCCOC[C@H]1C[C@@H](O)[C@H](NC(=S)N(C)C)[C@@H](OCCCC)C1. The summed E-state index contributed by atoms with van der Waals surface area (Å²) in [7, 11) is 3.81. The first kappa shape index (κ1) is 21.6. The van der Waals surface area contributed by atoms with E-state index in [4.69, 9.17) is 21.7 Å². The van der Waals surface area contributed by atoms with Gasteiger partial charge in [-0.2, -0.15) is 0 Å². The molecule has 0 aromatic carbocycles. The lowest BCUT2D eigenvalue weighted by molar-refractivity contribution is -0.0701. The van der Waals surface area contributed by atoms with E-state index in [0.717, 1.165) is 51.7 Å². The number of rotatable bonds is 10. The molecular formula is C18H36N2O3S. The summed E-state index contributed by atoms with van der Waals surface area (Å²) < 4.78 is 11.9. The van der Waals surface area contributed by atoms with E-state index in [1.807, 2.05) is 19.0 Å². The van der Waals surface area contributed by atoms with E-state index in [1.54, 1.807) is 0 Å². The van der Waals surface area contributed by atoms with Crippen LogP contribution in [0.2, 0.25) is 0 Å². The molecule has 0 unspecified atom stereocenters. The third-order valence-electron chi connectivity index (χ3n) is 4.48. The average Bonchev–Trinajstić information content (AvgIpc) is 2.54. The summed E-state index contributed by atoms with van der Waals surface area (Å²) in [5, 5.41) is 14.5. The molecule has 0 heterocycles. The molecule has 0 bridgehead atoms. The summed E-state index contributed by atoms with van der Waals surface area (Å²) in [6.45, 7) is 6.55. The number of hydrogen-bond donors (Lipinski definition) is 2. The normalized spacial score (nSPS) is 27.0. The molecule has 142 valence electrons. The van der Waals surface area contributed by atoms with Crippen molar-refractivity contribution < 1.29 is 14.6 Å². The van der Waals surface area contributed by atoms with E-state index in [9.17, 15) is 5.11 Å². The predicted octanol–water partition coefficient (Wildman–Crippen LogP) is 2.56. The summed E-state index contributed by atoms with van der Waals surface area (Å²) >= 11 is 5.35.